The smallest absolute Gasteiger partial charge is 0.337 e. The molecule has 0 fully saturated rings. The quantitative estimate of drug-likeness (QED) is 0.597. The van der Waals surface area contributed by atoms with Gasteiger partial charge in [-0.2, -0.15) is 0 Å². The van der Waals surface area contributed by atoms with E-state index in [2.05, 4.69) is 4.74 Å². The fourth-order valence-electron chi connectivity index (χ4n) is 1.13. The average molecular weight is 307 g/mol. The van der Waals surface area contributed by atoms with E-state index in [1.54, 1.807) is 6.92 Å². The summed E-state index contributed by atoms with van der Waals surface area (Å²) in [5.74, 6) is -1.04. The maximum Gasteiger partial charge on any atom is 0.337 e. The van der Waals surface area contributed by atoms with E-state index < -0.39 is 11.9 Å². The van der Waals surface area contributed by atoms with Gasteiger partial charge in [-0.05, 0) is 25.1 Å². The van der Waals surface area contributed by atoms with Gasteiger partial charge in [0.25, 0.3) is 0 Å². The third-order valence-electron chi connectivity index (χ3n) is 1.86. The molecule has 0 heterocycles. The van der Waals surface area contributed by atoms with E-state index >= 15 is 0 Å². The first kappa shape index (κ1) is 15.8. The summed E-state index contributed by atoms with van der Waals surface area (Å²) in [6.07, 6.45) is 0. The standard InChI is InChI=1S/C12H12Cl2O5/c1-2-18-11(15)6-17-7-12(16)19-10-4-3-8(13)5-9(10)14/h3-5H,2,6-7H2,1H3. The number of hydrogen-bond acceptors (Lipinski definition) is 5. The fraction of sp³-hybridized carbons (Fsp3) is 0.333. The third-order valence-corrected chi connectivity index (χ3v) is 2.39. The van der Waals surface area contributed by atoms with Crippen molar-refractivity contribution in [2.24, 2.45) is 0 Å². The van der Waals surface area contributed by atoms with Crippen molar-refractivity contribution in [1.29, 1.82) is 0 Å². The second kappa shape index (κ2) is 7.99. The molecule has 0 atom stereocenters. The van der Waals surface area contributed by atoms with Crippen LogP contribution in [0.15, 0.2) is 18.2 Å². The van der Waals surface area contributed by atoms with Crippen molar-refractivity contribution in [2.75, 3.05) is 19.8 Å². The zero-order valence-electron chi connectivity index (χ0n) is 10.2. The topological polar surface area (TPSA) is 61.8 Å². The van der Waals surface area contributed by atoms with Crippen LogP contribution in [0.1, 0.15) is 6.92 Å². The molecule has 0 saturated heterocycles. The molecular weight excluding hydrogens is 295 g/mol. The van der Waals surface area contributed by atoms with E-state index in [1.807, 2.05) is 0 Å². The van der Waals surface area contributed by atoms with E-state index in [0.29, 0.717) is 5.02 Å². The van der Waals surface area contributed by atoms with Crippen LogP contribution >= 0.6 is 23.2 Å². The monoisotopic (exact) mass is 306 g/mol. The SMILES string of the molecule is CCOC(=O)COCC(=O)Oc1ccc(Cl)cc1Cl. The summed E-state index contributed by atoms with van der Waals surface area (Å²) in [6, 6.07) is 4.45. The highest BCUT2D eigenvalue weighted by molar-refractivity contribution is 6.35. The number of hydrogen-bond donors (Lipinski definition) is 0. The van der Waals surface area contributed by atoms with Crippen molar-refractivity contribution in [1.82, 2.24) is 0 Å². The number of esters is 2. The number of rotatable bonds is 6. The molecule has 0 amide bonds. The molecule has 0 N–H and O–H groups in total. The fourth-order valence-corrected chi connectivity index (χ4v) is 1.58. The minimum atomic E-state index is -0.673. The van der Waals surface area contributed by atoms with Crippen molar-refractivity contribution in [3.05, 3.63) is 28.2 Å². The number of benzene rings is 1. The predicted molar refractivity (Wildman–Crippen MR) is 69.5 cm³/mol. The Morgan fingerprint density at radius 2 is 1.84 bits per heavy atom. The van der Waals surface area contributed by atoms with Crippen LogP contribution < -0.4 is 4.74 Å². The molecule has 0 spiro atoms. The molecule has 7 heteroatoms. The van der Waals surface area contributed by atoms with Crippen LogP contribution in [0, 0.1) is 0 Å². The Kier molecular flexibility index (Phi) is 6.62. The molecule has 0 aromatic heterocycles. The number of carbonyl (C=O) groups excluding carboxylic acids is 2. The summed E-state index contributed by atoms with van der Waals surface area (Å²) in [4.78, 5) is 22.3. The molecule has 0 aliphatic heterocycles. The van der Waals surface area contributed by atoms with Crippen molar-refractivity contribution >= 4 is 35.1 Å². The second-order valence-electron chi connectivity index (χ2n) is 3.35. The molecule has 19 heavy (non-hydrogen) atoms. The molecule has 1 rings (SSSR count). The second-order valence-corrected chi connectivity index (χ2v) is 4.19. The largest absolute Gasteiger partial charge is 0.464 e. The van der Waals surface area contributed by atoms with Gasteiger partial charge < -0.3 is 14.2 Å². The van der Waals surface area contributed by atoms with Crippen molar-refractivity contribution in [3.8, 4) is 5.75 Å². The van der Waals surface area contributed by atoms with E-state index in [4.69, 9.17) is 32.7 Å². The number of halogens is 2. The summed E-state index contributed by atoms with van der Waals surface area (Å²) in [6.45, 7) is 1.25. The lowest BCUT2D eigenvalue weighted by atomic mass is 10.3. The van der Waals surface area contributed by atoms with Crippen LogP contribution in [0.2, 0.25) is 10.0 Å². The van der Waals surface area contributed by atoms with Crippen molar-refractivity contribution < 1.29 is 23.8 Å². The van der Waals surface area contributed by atoms with Gasteiger partial charge in [0.05, 0.1) is 11.6 Å². The van der Waals surface area contributed by atoms with Crippen LogP contribution in [0.4, 0.5) is 0 Å². The van der Waals surface area contributed by atoms with Gasteiger partial charge >= 0.3 is 11.9 Å². The summed E-state index contributed by atoms with van der Waals surface area (Å²) >= 11 is 11.5. The highest BCUT2D eigenvalue weighted by atomic mass is 35.5. The van der Waals surface area contributed by atoms with Crippen molar-refractivity contribution in [3.63, 3.8) is 0 Å². The lowest BCUT2D eigenvalue weighted by molar-refractivity contribution is -0.151. The van der Waals surface area contributed by atoms with Crippen LogP contribution in [-0.4, -0.2) is 31.8 Å². The van der Waals surface area contributed by atoms with Gasteiger partial charge in [0.2, 0.25) is 0 Å². The molecule has 1 aromatic rings. The summed E-state index contributed by atoms with van der Waals surface area (Å²) < 4.78 is 14.4. The van der Waals surface area contributed by atoms with E-state index in [0.717, 1.165) is 0 Å². The first-order valence-corrected chi connectivity index (χ1v) is 6.17. The Hall–Kier alpha value is -1.30. The lowest BCUT2D eigenvalue weighted by Gasteiger charge is -2.07. The van der Waals surface area contributed by atoms with Crippen molar-refractivity contribution in [2.45, 2.75) is 6.92 Å². The first-order valence-electron chi connectivity index (χ1n) is 5.42. The van der Waals surface area contributed by atoms with E-state index in [-0.39, 0.29) is 30.6 Å². The van der Waals surface area contributed by atoms with Gasteiger partial charge in [-0.25, -0.2) is 9.59 Å². The molecule has 5 nitrogen and oxygen atoms in total. The molecule has 0 aliphatic rings. The molecule has 0 saturated carbocycles. The molecule has 0 aliphatic carbocycles. The highest BCUT2D eigenvalue weighted by Crippen LogP contribution is 2.27. The average Bonchev–Trinajstić information content (AvgIpc) is 2.33. The Morgan fingerprint density at radius 3 is 2.47 bits per heavy atom. The molecule has 0 unspecified atom stereocenters. The predicted octanol–water partition coefficient (Wildman–Crippen LogP) is 2.48. The van der Waals surface area contributed by atoms with Crippen LogP contribution in [-0.2, 0) is 19.1 Å². The molecule has 1 aromatic carbocycles. The Balaban J connectivity index is 2.37. The molecule has 0 bridgehead atoms. The molecule has 0 radical (unpaired) electrons. The number of carbonyl (C=O) groups is 2. The maximum atomic E-state index is 11.4. The minimum absolute atomic E-state index is 0.177. The van der Waals surface area contributed by atoms with Gasteiger partial charge in [0.1, 0.15) is 19.0 Å². The lowest BCUT2D eigenvalue weighted by Crippen LogP contribution is -2.20. The van der Waals surface area contributed by atoms with E-state index in [1.165, 1.54) is 18.2 Å². The van der Waals surface area contributed by atoms with Gasteiger partial charge in [-0.3, -0.25) is 0 Å². The zero-order valence-corrected chi connectivity index (χ0v) is 11.7. The molecular formula is C12H12Cl2O5. The van der Waals surface area contributed by atoms with Crippen LogP contribution in [0.5, 0.6) is 5.75 Å². The Bertz CT molecular complexity index is 461. The summed E-state index contributed by atoms with van der Waals surface area (Å²) in [7, 11) is 0. The Labute approximate surface area is 120 Å². The maximum absolute atomic E-state index is 11.4. The van der Waals surface area contributed by atoms with Gasteiger partial charge in [-0.1, -0.05) is 23.2 Å². The first-order chi connectivity index (χ1) is 9.02. The Morgan fingerprint density at radius 1 is 1.16 bits per heavy atom. The van der Waals surface area contributed by atoms with Gasteiger partial charge in [-0.15, -0.1) is 0 Å². The van der Waals surface area contributed by atoms with Crippen LogP contribution in [0.3, 0.4) is 0 Å². The highest BCUT2D eigenvalue weighted by Gasteiger charge is 2.10. The minimum Gasteiger partial charge on any atom is -0.464 e. The van der Waals surface area contributed by atoms with E-state index in [9.17, 15) is 9.59 Å². The van der Waals surface area contributed by atoms with Gasteiger partial charge in [0.15, 0.2) is 0 Å². The summed E-state index contributed by atoms with van der Waals surface area (Å²) in [5.41, 5.74) is 0. The molecule has 104 valence electrons. The third kappa shape index (κ3) is 5.92. The zero-order chi connectivity index (χ0) is 14.3. The summed E-state index contributed by atoms with van der Waals surface area (Å²) in [5, 5.41) is 0.648. The van der Waals surface area contributed by atoms with Gasteiger partial charge in [0, 0.05) is 5.02 Å². The van der Waals surface area contributed by atoms with Crippen LogP contribution in [0.25, 0.3) is 0 Å². The normalized spacial score (nSPS) is 10.1. The number of ether oxygens (including phenoxy) is 3.